The molecule has 0 spiro atoms. The second kappa shape index (κ2) is 11.6. The Labute approximate surface area is 226 Å². The van der Waals surface area contributed by atoms with Crippen LogP contribution in [0.1, 0.15) is 16.7 Å². The van der Waals surface area contributed by atoms with Crippen LogP contribution >= 0.6 is 23.2 Å². The van der Waals surface area contributed by atoms with E-state index in [0.717, 1.165) is 19.2 Å². The topological polar surface area (TPSA) is 74.5 Å². The molecule has 206 valence electrons. The molecule has 3 aromatic rings. The molecule has 0 atom stereocenters. The van der Waals surface area contributed by atoms with Crippen molar-refractivity contribution in [2.75, 3.05) is 7.05 Å². The average Bonchev–Trinajstić information content (AvgIpc) is 2.85. The zero-order valence-electron chi connectivity index (χ0n) is 19.6. The molecular formula is C25H16Cl2F7N3O2. The molecule has 14 heteroatoms. The largest absolute Gasteiger partial charge is 0.488 e. The smallest absolute Gasteiger partial charge is 0.432 e. The Morgan fingerprint density at radius 3 is 2.23 bits per heavy atom. The first-order valence-corrected chi connectivity index (χ1v) is 11.4. The molecule has 0 aliphatic carbocycles. The van der Waals surface area contributed by atoms with Crippen molar-refractivity contribution in [3.05, 3.63) is 92.1 Å². The Kier molecular flexibility index (Phi) is 8.91. The number of nitrogens with zero attached hydrogens (tertiary/aromatic N) is 1. The second-order valence-corrected chi connectivity index (χ2v) is 8.72. The summed E-state index contributed by atoms with van der Waals surface area (Å²) >= 11 is 11.6. The molecule has 0 aliphatic heterocycles. The van der Waals surface area contributed by atoms with E-state index in [1.165, 1.54) is 12.1 Å². The fourth-order valence-corrected chi connectivity index (χ4v) is 3.84. The Morgan fingerprint density at radius 2 is 1.69 bits per heavy atom. The van der Waals surface area contributed by atoms with E-state index < -0.39 is 62.7 Å². The standard InChI is InChI=1S/C25H16Cl2F7N3O2/c1-36-18(10-20(35)25(32,33)34)22-17(28)9-19(39-11-12-2-5-14(26)6-3-12)21(23(22)37-38)13-4-7-16(27)15(8-13)24(29,30)31/h2-10,35-36H,11H2,1H3/b18-10-,35-20?. The number of allylic oxidation sites excluding steroid dienone is 1. The number of hydrogen-bond acceptors (Lipinski definition) is 5. The van der Waals surface area contributed by atoms with E-state index in [1.807, 2.05) is 0 Å². The van der Waals surface area contributed by atoms with E-state index >= 15 is 4.39 Å². The van der Waals surface area contributed by atoms with Crippen molar-refractivity contribution in [1.82, 2.24) is 5.32 Å². The molecule has 0 saturated heterocycles. The normalized spacial score (nSPS) is 12.3. The molecule has 0 saturated carbocycles. The molecule has 0 bridgehead atoms. The maximum absolute atomic E-state index is 15.4. The van der Waals surface area contributed by atoms with Crippen molar-refractivity contribution < 1.29 is 35.5 Å². The molecule has 0 aliphatic rings. The Hall–Kier alpha value is -3.64. The summed E-state index contributed by atoms with van der Waals surface area (Å²) in [6.45, 7) is -0.256. The fraction of sp³-hybridized carbons (Fsp3) is 0.160. The highest BCUT2D eigenvalue weighted by atomic mass is 35.5. The first-order chi connectivity index (χ1) is 18.2. The van der Waals surface area contributed by atoms with Crippen molar-refractivity contribution in [3.63, 3.8) is 0 Å². The van der Waals surface area contributed by atoms with Crippen molar-refractivity contribution >= 4 is 40.3 Å². The van der Waals surface area contributed by atoms with Crippen LogP contribution in [0.5, 0.6) is 5.75 Å². The monoisotopic (exact) mass is 593 g/mol. The van der Waals surface area contributed by atoms with Crippen molar-refractivity contribution in [2.45, 2.75) is 19.0 Å². The molecule has 0 amide bonds. The van der Waals surface area contributed by atoms with Gasteiger partial charge >= 0.3 is 12.4 Å². The molecule has 0 fully saturated rings. The highest BCUT2D eigenvalue weighted by Crippen LogP contribution is 2.47. The number of rotatable bonds is 8. The third kappa shape index (κ3) is 6.87. The molecule has 0 unspecified atom stereocenters. The highest BCUT2D eigenvalue weighted by molar-refractivity contribution is 6.31. The number of benzene rings is 3. The number of alkyl halides is 6. The van der Waals surface area contributed by atoms with Crippen LogP contribution in [0.4, 0.5) is 36.4 Å². The van der Waals surface area contributed by atoms with Gasteiger partial charge in [-0.05, 0) is 46.6 Å². The number of ether oxygens (including phenoxy) is 1. The summed E-state index contributed by atoms with van der Waals surface area (Å²) < 4.78 is 101. The van der Waals surface area contributed by atoms with Crippen molar-refractivity contribution in [2.24, 2.45) is 5.18 Å². The zero-order valence-corrected chi connectivity index (χ0v) is 21.1. The van der Waals surface area contributed by atoms with Gasteiger partial charge in [-0.2, -0.15) is 26.3 Å². The van der Waals surface area contributed by atoms with Crippen LogP contribution in [0.15, 0.2) is 59.8 Å². The Bertz CT molecular complexity index is 1440. The van der Waals surface area contributed by atoms with E-state index in [2.05, 4.69) is 10.5 Å². The SMILES string of the molecule is CN/C(=C\C(=N)C(F)(F)F)c1c(F)cc(OCc2ccc(Cl)cc2)c(-c2ccc(Cl)c(C(F)(F)F)c2)c1N=O. The van der Waals surface area contributed by atoms with Crippen LogP contribution in [0.25, 0.3) is 16.8 Å². The lowest BCUT2D eigenvalue weighted by atomic mass is 9.95. The predicted octanol–water partition coefficient (Wildman–Crippen LogP) is 8.94. The lowest BCUT2D eigenvalue weighted by Crippen LogP contribution is -2.21. The molecule has 3 aromatic carbocycles. The van der Waals surface area contributed by atoms with E-state index in [9.17, 15) is 31.2 Å². The van der Waals surface area contributed by atoms with Gasteiger partial charge in [-0.3, -0.25) is 5.41 Å². The van der Waals surface area contributed by atoms with Crippen LogP contribution < -0.4 is 10.1 Å². The summed E-state index contributed by atoms with van der Waals surface area (Å²) in [5.74, 6) is -1.72. The zero-order chi connectivity index (χ0) is 29.1. The van der Waals surface area contributed by atoms with E-state index in [4.69, 9.17) is 33.3 Å². The second-order valence-electron chi connectivity index (χ2n) is 7.87. The number of halogens is 9. The summed E-state index contributed by atoms with van der Waals surface area (Å²) in [5.41, 5.74) is -5.83. The highest BCUT2D eigenvalue weighted by Gasteiger charge is 2.36. The lowest BCUT2D eigenvalue weighted by Gasteiger charge is -2.20. The molecular weight excluding hydrogens is 578 g/mol. The third-order valence-electron chi connectivity index (χ3n) is 5.31. The van der Waals surface area contributed by atoms with Gasteiger partial charge in [-0.15, -0.1) is 4.91 Å². The van der Waals surface area contributed by atoms with Gasteiger partial charge in [0.15, 0.2) is 0 Å². The van der Waals surface area contributed by atoms with Crippen molar-refractivity contribution in [1.29, 1.82) is 5.41 Å². The van der Waals surface area contributed by atoms with Gasteiger partial charge in [0.1, 0.15) is 29.6 Å². The van der Waals surface area contributed by atoms with Gasteiger partial charge in [0, 0.05) is 23.8 Å². The van der Waals surface area contributed by atoms with Gasteiger partial charge < -0.3 is 10.1 Å². The molecule has 0 heterocycles. The number of nitroso groups, excluding NO2 is 1. The van der Waals surface area contributed by atoms with Gasteiger partial charge in [-0.1, -0.05) is 41.4 Å². The van der Waals surface area contributed by atoms with Crippen LogP contribution in [0.2, 0.25) is 10.0 Å². The van der Waals surface area contributed by atoms with Gasteiger partial charge in [0.05, 0.1) is 21.7 Å². The molecule has 39 heavy (non-hydrogen) atoms. The summed E-state index contributed by atoms with van der Waals surface area (Å²) in [5, 5.41) is 12.0. The van der Waals surface area contributed by atoms with Gasteiger partial charge in [-0.25, -0.2) is 4.39 Å². The molecule has 3 rings (SSSR count). The third-order valence-corrected chi connectivity index (χ3v) is 5.89. The summed E-state index contributed by atoms with van der Waals surface area (Å²) in [6.07, 6.45) is -9.82. The van der Waals surface area contributed by atoms with E-state index in [1.54, 1.807) is 12.1 Å². The fourth-order valence-electron chi connectivity index (χ4n) is 3.49. The molecule has 0 radical (unpaired) electrons. The number of nitrogens with one attached hydrogen (secondary N) is 2. The van der Waals surface area contributed by atoms with Crippen molar-refractivity contribution in [3.8, 4) is 16.9 Å². The predicted molar refractivity (Wildman–Crippen MR) is 134 cm³/mol. The van der Waals surface area contributed by atoms with E-state index in [0.29, 0.717) is 22.7 Å². The minimum Gasteiger partial charge on any atom is -0.488 e. The van der Waals surface area contributed by atoms with Crippen LogP contribution in [-0.2, 0) is 12.8 Å². The maximum atomic E-state index is 15.4. The Morgan fingerprint density at radius 1 is 1.05 bits per heavy atom. The summed E-state index contributed by atoms with van der Waals surface area (Å²) in [6, 6.07) is 9.40. The number of hydrogen-bond donors (Lipinski definition) is 2. The average molecular weight is 594 g/mol. The lowest BCUT2D eigenvalue weighted by molar-refractivity contribution is -0.137. The quantitative estimate of drug-likeness (QED) is 0.155. The van der Waals surface area contributed by atoms with Gasteiger partial charge in [0.25, 0.3) is 0 Å². The van der Waals surface area contributed by atoms with Gasteiger partial charge in [0.2, 0.25) is 0 Å². The molecule has 5 nitrogen and oxygen atoms in total. The minimum absolute atomic E-state index is 0.216. The molecule has 2 N–H and O–H groups in total. The summed E-state index contributed by atoms with van der Waals surface area (Å²) in [4.78, 5) is 12.0. The molecule has 0 aromatic heterocycles. The van der Waals surface area contributed by atoms with E-state index in [-0.39, 0.29) is 18.2 Å². The maximum Gasteiger partial charge on any atom is 0.432 e. The van der Waals surface area contributed by atoms with Crippen LogP contribution in [0.3, 0.4) is 0 Å². The van der Waals surface area contributed by atoms with Crippen LogP contribution in [0, 0.1) is 16.1 Å². The minimum atomic E-state index is -5.12. The Balaban J connectivity index is 2.31. The first kappa shape index (κ1) is 29.9. The van der Waals surface area contributed by atoms with Crippen LogP contribution in [-0.4, -0.2) is 18.9 Å². The summed E-state index contributed by atoms with van der Waals surface area (Å²) in [7, 11) is 1.10. The first-order valence-electron chi connectivity index (χ1n) is 10.7.